The van der Waals surface area contributed by atoms with Gasteiger partial charge in [-0.15, -0.1) is 0 Å². The van der Waals surface area contributed by atoms with Gasteiger partial charge in [-0.1, -0.05) is 27.2 Å². The Hall–Kier alpha value is -0.810. The molecule has 1 saturated heterocycles. The Bertz CT molecular complexity index is 347. The summed E-state index contributed by atoms with van der Waals surface area (Å²) in [6.07, 6.45) is 2.83. The third-order valence-corrected chi connectivity index (χ3v) is 3.98. The highest BCUT2D eigenvalue weighted by atomic mass is 16.6. The SMILES string of the molecule is CCCCOC[C@@H](C[C@H](NC(=O)OC(C)(C)C)[C@@H]1CO1)C(C)C. The van der Waals surface area contributed by atoms with Gasteiger partial charge in [0.2, 0.25) is 0 Å². The van der Waals surface area contributed by atoms with Crippen LogP contribution in [-0.2, 0) is 14.2 Å². The molecule has 5 heteroatoms. The molecule has 0 aliphatic carbocycles. The molecule has 0 spiro atoms. The summed E-state index contributed by atoms with van der Waals surface area (Å²) in [5.74, 6) is 0.898. The number of nitrogens with one attached hydrogen (secondary N) is 1. The topological polar surface area (TPSA) is 60.1 Å². The molecule has 0 radical (unpaired) electrons. The summed E-state index contributed by atoms with van der Waals surface area (Å²) in [5, 5.41) is 2.98. The number of carbonyl (C=O) groups excluding carboxylic acids is 1. The van der Waals surface area contributed by atoms with Gasteiger partial charge in [0.1, 0.15) is 11.7 Å². The zero-order chi connectivity index (χ0) is 17.5. The van der Waals surface area contributed by atoms with Gasteiger partial charge >= 0.3 is 6.09 Å². The summed E-state index contributed by atoms with van der Waals surface area (Å²) in [6, 6.07) is -0.00738. The predicted octanol–water partition coefficient (Wildman–Crippen LogP) is 3.76. The Balaban J connectivity index is 2.49. The van der Waals surface area contributed by atoms with E-state index in [9.17, 15) is 4.79 Å². The molecule has 1 aliphatic rings. The molecule has 136 valence electrons. The minimum Gasteiger partial charge on any atom is -0.444 e. The maximum absolute atomic E-state index is 12.0. The standard InChI is InChI=1S/C18H35NO4/c1-7-8-9-21-11-14(13(2)3)10-15(16-12-22-16)19-17(20)23-18(4,5)6/h13-16H,7-12H2,1-6H3,(H,19,20)/t14-,15+,16+/m1/s1. The number of carbonyl (C=O) groups is 1. The molecular weight excluding hydrogens is 294 g/mol. The van der Waals surface area contributed by atoms with Crippen LogP contribution in [0.2, 0.25) is 0 Å². The van der Waals surface area contributed by atoms with E-state index in [2.05, 4.69) is 26.1 Å². The van der Waals surface area contributed by atoms with Crippen LogP contribution in [0.1, 0.15) is 60.8 Å². The summed E-state index contributed by atoms with van der Waals surface area (Å²) < 4.78 is 16.6. The van der Waals surface area contributed by atoms with Gasteiger partial charge in [0.25, 0.3) is 0 Å². The maximum Gasteiger partial charge on any atom is 0.407 e. The summed E-state index contributed by atoms with van der Waals surface area (Å²) in [4.78, 5) is 12.0. The molecule has 3 atom stereocenters. The summed E-state index contributed by atoms with van der Waals surface area (Å²) in [5.41, 5.74) is -0.486. The van der Waals surface area contributed by atoms with Crippen molar-refractivity contribution in [3.05, 3.63) is 0 Å². The molecule has 0 saturated carbocycles. The molecule has 1 rings (SSSR count). The number of epoxide rings is 1. The van der Waals surface area contributed by atoms with Crippen molar-refractivity contribution in [3.8, 4) is 0 Å². The van der Waals surface area contributed by atoms with E-state index in [4.69, 9.17) is 14.2 Å². The number of hydrogen-bond acceptors (Lipinski definition) is 4. The fourth-order valence-electron chi connectivity index (χ4n) is 2.39. The Morgan fingerprint density at radius 1 is 1.35 bits per heavy atom. The van der Waals surface area contributed by atoms with E-state index in [-0.39, 0.29) is 18.2 Å². The van der Waals surface area contributed by atoms with Gasteiger partial charge in [0, 0.05) is 13.2 Å². The number of alkyl carbamates (subject to hydrolysis) is 1. The fourth-order valence-corrected chi connectivity index (χ4v) is 2.39. The lowest BCUT2D eigenvalue weighted by Crippen LogP contribution is -2.44. The van der Waals surface area contributed by atoms with E-state index in [1.807, 2.05) is 20.8 Å². The second kappa shape index (κ2) is 9.48. The molecule has 0 aromatic carbocycles. The molecule has 5 nitrogen and oxygen atoms in total. The summed E-state index contributed by atoms with van der Waals surface area (Å²) in [6.45, 7) is 14.4. The Morgan fingerprint density at radius 2 is 2.00 bits per heavy atom. The summed E-state index contributed by atoms with van der Waals surface area (Å²) >= 11 is 0. The second-order valence-electron chi connectivity index (χ2n) is 7.79. The molecule has 1 fully saturated rings. The highest BCUT2D eigenvalue weighted by molar-refractivity contribution is 5.68. The zero-order valence-electron chi connectivity index (χ0n) is 15.7. The van der Waals surface area contributed by atoms with Crippen molar-refractivity contribution in [1.82, 2.24) is 5.32 Å². The number of amides is 1. The van der Waals surface area contributed by atoms with E-state index in [1.165, 1.54) is 0 Å². The van der Waals surface area contributed by atoms with Gasteiger partial charge in [-0.25, -0.2) is 4.79 Å². The predicted molar refractivity (Wildman–Crippen MR) is 91.6 cm³/mol. The molecule has 0 bridgehead atoms. The van der Waals surface area contributed by atoms with Gasteiger partial charge in [0.05, 0.1) is 12.6 Å². The van der Waals surface area contributed by atoms with Crippen LogP contribution in [0.4, 0.5) is 4.79 Å². The molecule has 0 aromatic rings. The first-order valence-electron chi connectivity index (χ1n) is 8.91. The van der Waals surface area contributed by atoms with Crippen LogP contribution in [0, 0.1) is 11.8 Å². The van der Waals surface area contributed by atoms with Crippen LogP contribution in [0.5, 0.6) is 0 Å². The molecule has 0 aromatic heterocycles. The van der Waals surface area contributed by atoms with Gasteiger partial charge < -0.3 is 19.5 Å². The molecule has 1 aliphatic heterocycles. The van der Waals surface area contributed by atoms with Gasteiger partial charge in [-0.2, -0.15) is 0 Å². The van der Waals surface area contributed by atoms with Crippen molar-refractivity contribution in [2.75, 3.05) is 19.8 Å². The quantitative estimate of drug-likeness (QED) is 0.490. The second-order valence-corrected chi connectivity index (χ2v) is 7.79. The van der Waals surface area contributed by atoms with Crippen molar-refractivity contribution in [3.63, 3.8) is 0 Å². The minimum atomic E-state index is -0.486. The molecule has 1 amide bonds. The number of rotatable bonds is 10. The van der Waals surface area contributed by atoms with E-state index >= 15 is 0 Å². The van der Waals surface area contributed by atoms with Crippen molar-refractivity contribution in [2.24, 2.45) is 11.8 Å². The normalized spacial score (nSPS) is 20.2. The Labute approximate surface area is 141 Å². The van der Waals surface area contributed by atoms with Crippen LogP contribution in [0.3, 0.4) is 0 Å². The number of ether oxygens (including phenoxy) is 3. The molecular formula is C18H35NO4. The van der Waals surface area contributed by atoms with Gasteiger partial charge in [0.15, 0.2) is 0 Å². The van der Waals surface area contributed by atoms with Crippen LogP contribution in [0.25, 0.3) is 0 Å². The number of unbranched alkanes of at least 4 members (excludes halogenated alkanes) is 1. The maximum atomic E-state index is 12.0. The third kappa shape index (κ3) is 9.16. The third-order valence-electron chi connectivity index (χ3n) is 3.98. The van der Waals surface area contributed by atoms with E-state index in [1.54, 1.807) is 0 Å². The fraction of sp³-hybridized carbons (Fsp3) is 0.944. The van der Waals surface area contributed by atoms with Crippen LogP contribution in [0.15, 0.2) is 0 Å². The lowest BCUT2D eigenvalue weighted by molar-refractivity contribution is 0.0442. The van der Waals surface area contributed by atoms with Crippen LogP contribution in [-0.4, -0.2) is 43.7 Å². The van der Waals surface area contributed by atoms with Crippen LogP contribution < -0.4 is 5.32 Å². The highest BCUT2D eigenvalue weighted by Crippen LogP contribution is 2.25. The van der Waals surface area contributed by atoms with Crippen molar-refractivity contribution in [2.45, 2.75) is 78.6 Å². The average Bonchev–Trinajstić information content (AvgIpc) is 3.22. The molecule has 0 unspecified atom stereocenters. The average molecular weight is 329 g/mol. The van der Waals surface area contributed by atoms with E-state index < -0.39 is 5.60 Å². The first-order valence-corrected chi connectivity index (χ1v) is 8.91. The minimum absolute atomic E-state index is 0.00738. The van der Waals surface area contributed by atoms with Crippen LogP contribution >= 0.6 is 0 Å². The lowest BCUT2D eigenvalue weighted by atomic mass is 9.89. The van der Waals surface area contributed by atoms with E-state index in [0.717, 1.165) is 32.5 Å². The highest BCUT2D eigenvalue weighted by Gasteiger charge is 2.36. The van der Waals surface area contributed by atoms with Crippen molar-refractivity contribution in [1.29, 1.82) is 0 Å². The van der Waals surface area contributed by atoms with Crippen molar-refractivity contribution < 1.29 is 19.0 Å². The first kappa shape index (κ1) is 20.2. The summed E-state index contributed by atoms with van der Waals surface area (Å²) in [7, 11) is 0. The molecule has 1 heterocycles. The molecule has 23 heavy (non-hydrogen) atoms. The Morgan fingerprint density at radius 3 is 2.48 bits per heavy atom. The van der Waals surface area contributed by atoms with Gasteiger partial charge in [-0.3, -0.25) is 0 Å². The zero-order valence-corrected chi connectivity index (χ0v) is 15.7. The van der Waals surface area contributed by atoms with Crippen molar-refractivity contribution >= 4 is 6.09 Å². The smallest absolute Gasteiger partial charge is 0.407 e. The largest absolute Gasteiger partial charge is 0.444 e. The van der Waals surface area contributed by atoms with Gasteiger partial charge in [-0.05, 0) is 45.4 Å². The Kier molecular flexibility index (Phi) is 8.34. The van der Waals surface area contributed by atoms with E-state index in [0.29, 0.717) is 18.4 Å². The number of hydrogen-bond donors (Lipinski definition) is 1. The molecule has 1 N–H and O–H groups in total. The monoisotopic (exact) mass is 329 g/mol. The first-order chi connectivity index (χ1) is 10.7. The lowest BCUT2D eigenvalue weighted by Gasteiger charge is -2.27.